The Hall–Kier alpha value is -0.586. The van der Waals surface area contributed by atoms with E-state index in [1.54, 1.807) is 0 Å². The Kier molecular flexibility index (Phi) is 5.49. The van der Waals surface area contributed by atoms with Gasteiger partial charge in [0.15, 0.2) is 8.24 Å². The van der Waals surface area contributed by atoms with Crippen LogP contribution in [-0.4, -0.2) is 23.5 Å². The summed E-state index contributed by atoms with van der Waals surface area (Å²) in [6.45, 7) is 17.6. The Labute approximate surface area is 145 Å². The fraction of sp³-hybridized carbons (Fsp3) is 0.684. The summed E-state index contributed by atoms with van der Waals surface area (Å²) in [4.78, 5) is 7.75. The third-order valence-electron chi connectivity index (χ3n) is 6.73. The zero-order chi connectivity index (χ0) is 17.4. The lowest BCUT2D eigenvalue weighted by Crippen LogP contribution is -2.54. The van der Waals surface area contributed by atoms with Gasteiger partial charge in [0.25, 0.3) is 0 Å². The van der Waals surface area contributed by atoms with E-state index in [-0.39, 0.29) is 0 Å². The molecule has 0 aromatic heterocycles. The molecular weight excluding hydrogens is 312 g/mol. The molecule has 1 saturated carbocycles. The maximum absolute atomic E-state index is 3.99. The molecule has 0 heterocycles. The smallest absolute Gasteiger partial charge is 0.150 e. The second-order valence-corrected chi connectivity index (χ2v) is 17.8. The number of para-hydroxylation sites is 1. The molecule has 0 aliphatic heterocycles. The van der Waals surface area contributed by atoms with Crippen LogP contribution in [0.1, 0.15) is 20.8 Å². The van der Waals surface area contributed by atoms with Crippen LogP contribution in [0.2, 0.25) is 37.3 Å². The molecular formula is C19H36N2Si2. The van der Waals surface area contributed by atoms with Gasteiger partial charge in [-0.2, -0.15) is 0 Å². The Morgan fingerprint density at radius 3 is 1.70 bits per heavy atom. The molecule has 0 saturated heterocycles. The molecule has 0 spiro atoms. The van der Waals surface area contributed by atoms with Crippen LogP contribution in [0.25, 0.3) is 0 Å². The van der Waals surface area contributed by atoms with Gasteiger partial charge >= 0.3 is 0 Å². The molecule has 2 rings (SSSR count). The SMILES string of the molecule is CN[Si](C)(C)C1C(C)C(C)C(C)C1[Si](C)(C)Nc1ccccc1. The van der Waals surface area contributed by atoms with Crippen LogP contribution < -0.4 is 9.96 Å². The second kappa shape index (κ2) is 6.73. The third kappa shape index (κ3) is 3.59. The first-order valence-corrected chi connectivity index (χ1v) is 15.3. The zero-order valence-corrected chi connectivity index (χ0v) is 18.3. The number of hydrogen-bond acceptors (Lipinski definition) is 2. The Morgan fingerprint density at radius 1 is 0.739 bits per heavy atom. The van der Waals surface area contributed by atoms with Crippen molar-refractivity contribution in [2.75, 3.05) is 12.0 Å². The first-order valence-electron chi connectivity index (χ1n) is 9.14. The van der Waals surface area contributed by atoms with Gasteiger partial charge in [-0.25, -0.2) is 0 Å². The van der Waals surface area contributed by atoms with Gasteiger partial charge in [0.1, 0.15) is 8.24 Å². The lowest BCUT2D eigenvalue weighted by atomic mass is 9.94. The fourth-order valence-corrected chi connectivity index (χ4v) is 14.7. The van der Waals surface area contributed by atoms with Gasteiger partial charge in [0.05, 0.1) is 0 Å². The Bertz CT molecular complexity index is 515. The normalized spacial score (nSPS) is 32.1. The van der Waals surface area contributed by atoms with E-state index < -0.39 is 16.5 Å². The molecule has 1 aromatic carbocycles. The molecule has 2 nitrogen and oxygen atoms in total. The molecule has 1 aliphatic rings. The molecule has 1 fully saturated rings. The van der Waals surface area contributed by atoms with Gasteiger partial charge in [0, 0.05) is 5.69 Å². The molecule has 5 unspecified atom stereocenters. The largest absolute Gasteiger partial charge is 0.410 e. The van der Waals surface area contributed by atoms with E-state index in [4.69, 9.17) is 0 Å². The molecule has 0 amide bonds. The summed E-state index contributed by atoms with van der Waals surface area (Å²) in [6.07, 6.45) is 0. The summed E-state index contributed by atoms with van der Waals surface area (Å²) >= 11 is 0. The van der Waals surface area contributed by atoms with Gasteiger partial charge in [-0.15, -0.1) is 0 Å². The van der Waals surface area contributed by atoms with Gasteiger partial charge in [-0.3, -0.25) is 0 Å². The number of benzene rings is 1. The van der Waals surface area contributed by atoms with E-state index in [9.17, 15) is 0 Å². The maximum atomic E-state index is 3.99. The average molecular weight is 349 g/mol. The van der Waals surface area contributed by atoms with E-state index in [2.05, 4.69) is 94.3 Å². The fourth-order valence-electron chi connectivity index (χ4n) is 5.14. The molecule has 0 radical (unpaired) electrons. The molecule has 5 atom stereocenters. The highest BCUT2D eigenvalue weighted by atomic mass is 28.3. The summed E-state index contributed by atoms with van der Waals surface area (Å²) in [7, 11) is -0.855. The van der Waals surface area contributed by atoms with Crippen molar-refractivity contribution < 1.29 is 0 Å². The van der Waals surface area contributed by atoms with Crippen LogP contribution in [0.15, 0.2) is 30.3 Å². The Balaban J connectivity index is 2.36. The van der Waals surface area contributed by atoms with E-state index in [0.29, 0.717) is 0 Å². The monoisotopic (exact) mass is 348 g/mol. The summed E-state index contributed by atoms with van der Waals surface area (Å²) in [5.74, 6) is 2.43. The third-order valence-corrected chi connectivity index (χ3v) is 14.4. The number of nitrogens with one attached hydrogen (secondary N) is 2. The van der Waals surface area contributed by atoms with E-state index >= 15 is 0 Å². The van der Waals surface area contributed by atoms with Crippen LogP contribution in [0.3, 0.4) is 0 Å². The van der Waals surface area contributed by atoms with Crippen LogP contribution in [0, 0.1) is 17.8 Å². The predicted octanol–water partition coefficient (Wildman–Crippen LogP) is 5.39. The predicted molar refractivity (Wildman–Crippen MR) is 109 cm³/mol. The minimum atomic E-state index is -1.60. The number of anilines is 1. The molecule has 1 aliphatic carbocycles. The minimum absolute atomic E-state index is 0.799. The van der Waals surface area contributed by atoms with Crippen molar-refractivity contribution in [3.05, 3.63) is 30.3 Å². The van der Waals surface area contributed by atoms with Gasteiger partial charge in [-0.1, -0.05) is 65.2 Å². The summed E-state index contributed by atoms with van der Waals surface area (Å²) in [5, 5.41) is 0. The van der Waals surface area contributed by atoms with Crippen LogP contribution in [0.4, 0.5) is 5.69 Å². The summed E-state index contributed by atoms with van der Waals surface area (Å²) in [6, 6.07) is 10.8. The number of hydrogen-bond donors (Lipinski definition) is 2. The minimum Gasteiger partial charge on any atom is -0.410 e. The topological polar surface area (TPSA) is 24.1 Å². The average Bonchev–Trinajstić information content (AvgIpc) is 2.73. The van der Waals surface area contributed by atoms with Crippen molar-refractivity contribution in [1.82, 2.24) is 4.98 Å². The first-order chi connectivity index (χ1) is 10.6. The molecule has 23 heavy (non-hydrogen) atoms. The molecule has 130 valence electrons. The standard InChI is InChI=1S/C19H36N2Si2/c1-14-15(2)18(22(5,6)20-4)19(16(14)3)23(7,8)21-17-12-10-9-11-13-17/h9-16,18-21H,1-8H3. The number of rotatable bonds is 5. The molecule has 0 bridgehead atoms. The van der Waals surface area contributed by atoms with Crippen molar-refractivity contribution in [3.63, 3.8) is 0 Å². The highest BCUT2D eigenvalue weighted by Gasteiger charge is 2.56. The molecule has 1 aromatic rings. The van der Waals surface area contributed by atoms with Crippen molar-refractivity contribution in [2.45, 2.75) is 58.0 Å². The van der Waals surface area contributed by atoms with Crippen molar-refractivity contribution in [3.8, 4) is 0 Å². The summed E-state index contributed by atoms with van der Waals surface area (Å²) < 4.78 is 0. The van der Waals surface area contributed by atoms with Crippen LogP contribution in [-0.2, 0) is 0 Å². The Morgan fingerprint density at radius 2 is 1.22 bits per heavy atom. The summed E-state index contributed by atoms with van der Waals surface area (Å²) in [5.41, 5.74) is 2.96. The van der Waals surface area contributed by atoms with Crippen molar-refractivity contribution in [1.29, 1.82) is 0 Å². The molecule has 2 N–H and O–H groups in total. The highest BCUT2D eigenvalue weighted by molar-refractivity contribution is 6.85. The van der Waals surface area contributed by atoms with E-state index in [1.165, 1.54) is 5.69 Å². The van der Waals surface area contributed by atoms with Crippen molar-refractivity contribution in [2.24, 2.45) is 17.8 Å². The van der Waals surface area contributed by atoms with Crippen LogP contribution in [0.5, 0.6) is 0 Å². The van der Waals surface area contributed by atoms with E-state index in [1.807, 2.05) is 0 Å². The second-order valence-electron chi connectivity index (χ2n) is 8.81. The van der Waals surface area contributed by atoms with Gasteiger partial charge in [0.2, 0.25) is 0 Å². The zero-order valence-electron chi connectivity index (χ0n) is 16.3. The lowest BCUT2D eigenvalue weighted by Gasteiger charge is -2.44. The van der Waals surface area contributed by atoms with E-state index in [0.717, 1.165) is 28.8 Å². The van der Waals surface area contributed by atoms with Crippen molar-refractivity contribution >= 4 is 22.2 Å². The lowest BCUT2D eigenvalue weighted by molar-refractivity contribution is 0.377. The first kappa shape index (κ1) is 18.7. The molecule has 4 heteroatoms. The highest BCUT2D eigenvalue weighted by Crippen LogP contribution is 2.59. The van der Waals surface area contributed by atoms with Gasteiger partial charge < -0.3 is 9.96 Å². The van der Waals surface area contributed by atoms with Gasteiger partial charge in [-0.05, 0) is 48.0 Å². The quantitative estimate of drug-likeness (QED) is 0.697. The van der Waals surface area contributed by atoms with Crippen LogP contribution >= 0.6 is 0 Å². The maximum Gasteiger partial charge on any atom is 0.150 e.